The van der Waals surface area contributed by atoms with Crippen LogP contribution in [0.4, 0.5) is 17.6 Å². The van der Waals surface area contributed by atoms with Crippen molar-refractivity contribution in [2.24, 2.45) is 5.41 Å². The molecule has 29 heavy (non-hydrogen) atoms. The van der Waals surface area contributed by atoms with Crippen LogP contribution in [0.2, 0.25) is 0 Å². The van der Waals surface area contributed by atoms with Gasteiger partial charge in [-0.25, -0.2) is 13.3 Å². The van der Waals surface area contributed by atoms with E-state index in [1.165, 1.54) is 12.3 Å². The van der Waals surface area contributed by atoms with Crippen LogP contribution in [0.3, 0.4) is 0 Å². The van der Waals surface area contributed by atoms with Gasteiger partial charge in [0.2, 0.25) is 0 Å². The highest BCUT2D eigenvalue weighted by Crippen LogP contribution is 2.48. The third-order valence-electron chi connectivity index (χ3n) is 4.94. The van der Waals surface area contributed by atoms with E-state index in [2.05, 4.69) is 26.7 Å². The lowest BCUT2D eigenvalue weighted by Gasteiger charge is -2.25. The molecular weight excluding hydrogens is 474 g/mol. The molecule has 1 unspecified atom stereocenters. The van der Waals surface area contributed by atoms with Gasteiger partial charge in [0.15, 0.2) is 0 Å². The van der Waals surface area contributed by atoms with Gasteiger partial charge in [-0.15, -0.1) is 0 Å². The van der Waals surface area contributed by atoms with Crippen molar-refractivity contribution in [1.82, 2.24) is 9.29 Å². The molecule has 0 saturated heterocycles. The molecule has 4 nitrogen and oxygen atoms in total. The smallest absolute Gasteiger partial charge is 0.345 e. The molecule has 1 aromatic carbocycles. The second kappa shape index (κ2) is 7.36. The number of nitrogens with one attached hydrogen (secondary N) is 1. The number of halogens is 5. The summed E-state index contributed by atoms with van der Waals surface area (Å²) >= 11 is 3.08. The van der Waals surface area contributed by atoms with Gasteiger partial charge in [-0.05, 0) is 61.7 Å². The fraction of sp³-hybridized carbons (Fsp3) is 0.526. The van der Waals surface area contributed by atoms with Crippen LogP contribution in [0, 0.1) is 22.6 Å². The number of fused-ring (bicyclic) bond motifs is 1. The van der Waals surface area contributed by atoms with Crippen LogP contribution in [-0.2, 0) is 17.5 Å². The van der Waals surface area contributed by atoms with E-state index in [9.17, 15) is 27.0 Å². The molecule has 2 atom stereocenters. The van der Waals surface area contributed by atoms with Crippen molar-refractivity contribution in [3.63, 3.8) is 0 Å². The fourth-order valence-corrected chi connectivity index (χ4v) is 4.21. The molecule has 2 aromatic rings. The summed E-state index contributed by atoms with van der Waals surface area (Å²) in [6.07, 6.45) is -2.14. The molecule has 1 aliphatic carbocycles. The summed E-state index contributed by atoms with van der Waals surface area (Å²) in [6.45, 7) is 4.90. The minimum Gasteiger partial charge on any atom is -0.345 e. The second-order valence-corrected chi connectivity index (χ2v) is 11.2. The molecule has 0 spiro atoms. The molecule has 1 saturated carbocycles. The number of rotatable bonds is 5. The van der Waals surface area contributed by atoms with E-state index in [1.807, 2.05) is 0 Å². The zero-order chi connectivity index (χ0) is 21.8. The molecule has 1 heterocycles. The molecule has 3 rings (SSSR count). The van der Waals surface area contributed by atoms with Crippen molar-refractivity contribution in [2.45, 2.75) is 57.1 Å². The summed E-state index contributed by atoms with van der Waals surface area (Å²) in [7, 11) is -2.00. The van der Waals surface area contributed by atoms with Crippen molar-refractivity contribution in [1.29, 1.82) is 5.26 Å². The third-order valence-corrected chi connectivity index (χ3v) is 7.11. The first kappa shape index (κ1) is 22.2. The zero-order valence-corrected chi connectivity index (χ0v) is 18.4. The molecule has 1 aliphatic rings. The van der Waals surface area contributed by atoms with Gasteiger partial charge in [0.05, 0.1) is 31.7 Å². The van der Waals surface area contributed by atoms with E-state index < -0.39 is 39.2 Å². The van der Waals surface area contributed by atoms with E-state index in [4.69, 9.17) is 0 Å². The molecule has 0 aliphatic heterocycles. The summed E-state index contributed by atoms with van der Waals surface area (Å²) < 4.78 is 71.3. The Morgan fingerprint density at radius 2 is 1.97 bits per heavy atom. The molecular formula is C19H20BrF4N3OS. The summed E-state index contributed by atoms with van der Waals surface area (Å²) in [5.74, 6) is -0.698. The first-order valence-electron chi connectivity index (χ1n) is 8.91. The SMILES string of the molecule is CC(C)(C)S(=O)N[C@@H](c1cn(CC2(C#N)CC2)c2cc(Br)c(F)cc12)C(F)(F)F. The number of nitrogens with zero attached hydrogens (tertiary/aromatic N) is 2. The summed E-state index contributed by atoms with van der Waals surface area (Å²) in [5, 5.41) is 9.45. The van der Waals surface area contributed by atoms with Crippen molar-refractivity contribution in [3.8, 4) is 6.07 Å². The minimum absolute atomic E-state index is 0.0696. The predicted octanol–water partition coefficient (Wildman–Crippen LogP) is 5.50. The van der Waals surface area contributed by atoms with E-state index in [1.54, 1.807) is 25.3 Å². The van der Waals surface area contributed by atoms with Crippen LogP contribution in [0.15, 0.2) is 22.8 Å². The number of hydrogen-bond acceptors (Lipinski definition) is 2. The van der Waals surface area contributed by atoms with Gasteiger partial charge in [0.1, 0.15) is 11.9 Å². The van der Waals surface area contributed by atoms with Crippen molar-refractivity contribution >= 4 is 37.8 Å². The molecule has 158 valence electrons. The average molecular weight is 494 g/mol. The number of benzene rings is 1. The maximum absolute atomic E-state index is 14.2. The maximum atomic E-state index is 14.2. The van der Waals surface area contributed by atoms with Crippen LogP contribution >= 0.6 is 15.9 Å². The Kier molecular flexibility index (Phi) is 5.65. The largest absolute Gasteiger partial charge is 0.408 e. The van der Waals surface area contributed by atoms with Crippen LogP contribution in [0.1, 0.15) is 45.2 Å². The van der Waals surface area contributed by atoms with Crippen molar-refractivity contribution in [3.05, 3.63) is 34.2 Å². The van der Waals surface area contributed by atoms with Gasteiger partial charge >= 0.3 is 6.18 Å². The second-order valence-electron chi connectivity index (χ2n) is 8.36. The Balaban J connectivity index is 2.16. The molecule has 0 radical (unpaired) electrons. The topological polar surface area (TPSA) is 57.8 Å². The van der Waals surface area contributed by atoms with Crippen molar-refractivity contribution < 1.29 is 21.8 Å². The van der Waals surface area contributed by atoms with E-state index in [0.717, 1.165) is 6.07 Å². The first-order chi connectivity index (χ1) is 13.3. The lowest BCUT2D eigenvalue weighted by atomic mass is 10.1. The number of nitriles is 1. The molecule has 0 bridgehead atoms. The zero-order valence-electron chi connectivity index (χ0n) is 16.0. The van der Waals surface area contributed by atoms with Crippen LogP contribution in [-0.4, -0.2) is 19.7 Å². The van der Waals surface area contributed by atoms with E-state index >= 15 is 0 Å². The lowest BCUT2D eigenvalue weighted by Crippen LogP contribution is -2.41. The van der Waals surface area contributed by atoms with Gasteiger partial charge in [0, 0.05) is 29.2 Å². The molecule has 0 amide bonds. The Bertz CT molecular complexity index is 1020. The summed E-state index contributed by atoms with van der Waals surface area (Å²) in [5.41, 5.74) is -0.447. The first-order valence-corrected chi connectivity index (χ1v) is 10.9. The molecule has 10 heteroatoms. The van der Waals surface area contributed by atoms with Gasteiger partial charge in [-0.1, -0.05) is 0 Å². The monoisotopic (exact) mass is 493 g/mol. The Morgan fingerprint density at radius 1 is 1.34 bits per heavy atom. The standard InChI is InChI=1S/C19H20BrF4N3OS/c1-17(2,3)29(28)26-16(19(22,23)24)12-8-27(10-18(9-25)4-5-18)15-7-13(20)14(21)6-11(12)15/h6-8,16,26H,4-5,10H2,1-3H3/t16-,29?/m0/s1. The van der Waals surface area contributed by atoms with Gasteiger partial charge < -0.3 is 4.57 Å². The lowest BCUT2D eigenvalue weighted by molar-refractivity contribution is -0.152. The Labute approximate surface area is 177 Å². The fourth-order valence-electron chi connectivity index (χ4n) is 3.05. The van der Waals surface area contributed by atoms with Gasteiger partial charge in [-0.3, -0.25) is 0 Å². The molecule has 1 N–H and O–H groups in total. The normalized spacial score (nSPS) is 18.4. The maximum Gasteiger partial charge on any atom is 0.408 e. The quantitative estimate of drug-likeness (QED) is 0.558. The molecule has 1 fully saturated rings. The molecule has 1 aromatic heterocycles. The van der Waals surface area contributed by atoms with Crippen molar-refractivity contribution in [2.75, 3.05) is 0 Å². The number of alkyl halides is 3. The average Bonchev–Trinajstić information content (AvgIpc) is 3.30. The highest BCUT2D eigenvalue weighted by atomic mass is 79.9. The number of aromatic nitrogens is 1. The van der Waals surface area contributed by atoms with Gasteiger partial charge in [-0.2, -0.15) is 18.4 Å². The summed E-state index contributed by atoms with van der Waals surface area (Å²) in [6, 6.07) is 2.42. The predicted molar refractivity (Wildman–Crippen MR) is 107 cm³/mol. The highest BCUT2D eigenvalue weighted by molar-refractivity contribution is 9.10. The minimum atomic E-state index is -4.75. The number of hydrogen-bond donors (Lipinski definition) is 1. The Morgan fingerprint density at radius 3 is 2.45 bits per heavy atom. The van der Waals surface area contributed by atoms with Crippen LogP contribution < -0.4 is 4.72 Å². The third kappa shape index (κ3) is 4.52. The van der Waals surface area contributed by atoms with Crippen LogP contribution in [0.5, 0.6) is 0 Å². The Hall–Kier alpha value is -1.44. The van der Waals surface area contributed by atoms with Crippen LogP contribution in [0.25, 0.3) is 10.9 Å². The van der Waals surface area contributed by atoms with E-state index in [-0.39, 0.29) is 22.0 Å². The highest BCUT2D eigenvalue weighted by Gasteiger charge is 2.46. The van der Waals surface area contributed by atoms with Gasteiger partial charge in [0.25, 0.3) is 0 Å². The summed E-state index contributed by atoms with van der Waals surface area (Å²) in [4.78, 5) is 0. The van der Waals surface area contributed by atoms with E-state index in [0.29, 0.717) is 18.4 Å².